The normalized spacial score (nSPS) is 18.4. The third-order valence-corrected chi connectivity index (χ3v) is 5.28. The Kier molecular flexibility index (Phi) is 5.70. The van der Waals surface area contributed by atoms with Gasteiger partial charge in [-0.2, -0.15) is 5.26 Å². The molecule has 2 heterocycles. The molecule has 1 aromatic carbocycles. The van der Waals surface area contributed by atoms with E-state index < -0.39 is 0 Å². The van der Waals surface area contributed by atoms with Crippen molar-refractivity contribution in [2.75, 3.05) is 10.6 Å². The van der Waals surface area contributed by atoms with Crippen molar-refractivity contribution in [3.63, 3.8) is 0 Å². The van der Waals surface area contributed by atoms with Crippen molar-refractivity contribution < 1.29 is 9.18 Å². The zero-order valence-electron chi connectivity index (χ0n) is 16.3. The van der Waals surface area contributed by atoms with Gasteiger partial charge in [0.2, 0.25) is 5.91 Å². The summed E-state index contributed by atoms with van der Waals surface area (Å²) in [5.74, 6) is 0.617. The number of carbonyl (C=O) groups excluding carboxylic acids is 1. The molecule has 0 saturated heterocycles. The molecule has 0 atom stereocenters. The first-order valence-electron chi connectivity index (χ1n) is 9.86. The molecule has 8 heteroatoms. The molecule has 0 aliphatic heterocycles. The third kappa shape index (κ3) is 4.46. The maximum atomic E-state index is 13.9. The van der Waals surface area contributed by atoms with Crippen LogP contribution in [0.3, 0.4) is 0 Å². The average Bonchev–Trinajstić information content (AvgIpc) is 3.23. The van der Waals surface area contributed by atoms with Gasteiger partial charge in [-0.05, 0) is 49.9 Å². The number of anilines is 2. The predicted octanol–water partition coefficient (Wildman–Crippen LogP) is 3.89. The fraction of sp³-hybridized carbons (Fsp3) is 0.273. The van der Waals surface area contributed by atoms with E-state index in [-0.39, 0.29) is 23.7 Å². The number of carbonyl (C=O) groups is 1. The van der Waals surface area contributed by atoms with Gasteiger partial charge in [-0.15, -0.1) is 5.10 Å². The molecule has 1 amide bonds. The quantitative estimate of drug-likeness (QED) is 0.673. The van der Waals surface area contributed by atoms with E-state index in [0.29, 0.717) is 17.1 Å². The molecule has 0 spiro atoms. The minimum atomic E-state index is -0.374. The molecule has 1 aliphatic rings. The monoisotopic (exact) mass is 404 g/mol. The van der Waals surface area contributed by atoms with Crippen LogP contribution in [0.4, 0.5) is 16.0 Å². The summed E-state index contributed by atoms with van der Waals surface area (Å²) >= 11 is 0. The number of para-hydroxylation sites is 1. The molecule has 2 aromatic heterocycles. The Morgan fingerprint density at radius 2 is 1.90 bits per heavy atom. The lowest BCUT2D eigenvalue weighted by molar-refractivity contribution is -0.120. The Balaban J connectivity index is 1.29. The lowest BCUT2D eigenvalue weighted by Gasteiger charge is -2.28. The second-order valence-electron chi connectivity index (χ2n) is 7.32. The van der Waals surface area contributed by atoms with E-state index in [2.05, 4.69) is 20.7 Å². The van der Waals surface area contributed by atoms with Crippen LogP contribution in [0, 0.1) is 23.1 Å². The topological polar surface area (TPSA) is 95.6 Å². The molecule has 0 unspecified atom stereocenters. The van der Waals surface area contributed by atoms with Crippen molar-refractivity contribution in [2.24, 2.45) is 5.92 Å². The molecule has 0 bridgehead atoms. The number of nitrogens with one attached hydrogen (secondary N) is 2. The molecule has 30 heavy (non-hydrogen) atoms. The predicted molar refractivity (Wildman–Crippen MR) is 110 cm³/mol. The number of nitriles is 1. The molecule has 0 radical (unpaired) electrons. The Morgan fingerprint density at radius 1 is 1.10 bits per heavy atom. The molecule has 1 saturated carbocycles. The Labute approximate surface area is 173 Å². The van der Waals surface area contributed by atoms with E-state index in [1.54, 1.807) is 48.8 Å². The summed E-state index contributed by atoms with van der Waals surface area (Å²) in [6.45, 7) is 0. The van der Waals surface area contributed by atoms with Gasteiger partial charge in [0, 0.05) is 30.4 Å². The van der Waals surface area contributed by atoms with Crippen LogP contribution in [-0.2, 0) is 4.79 Å². The number of amides is 1. The van der Waals surface area contributed by atoms with Gasteiger partial charge in [0.1, 0.15) is 23.4 Å². The van der Waals surface area contributed by atoms with Gasteiger partial charge in [-0.3, -0.25) is 4.79 Å². The summed E-state index contributed by atoms with van der Waals surface area (Å²) in [6, 6.07) is 13.8. The highest BCUT2D eigenvalue weighted by atomic mass is 19.1. The fourth-order valence-corrected chi connectivity index (χ4v) is 3.65. The van der Waals surface area contributed by atoms with Gasteiger partial charge in [0.25, 0.3) is 0 Å². The first-order chi connectivity index (χ1) is 14.6. The summed E-state index contributed by atoms with van der Waals surface area (Å²) in [7, 11) is 0. The average molecular weight is 404 g/mol. The largest absolute Gasteiger partial charge is 0.367 e. The molecule has 2 N–H and O–H groups in total. The summed E-state index contributed by atoms with van der Waals surface area (Å²) in [4.78, 5) is 16.9. The van der Waals surface area contributed by atoms with Crippen molar-refractivity contribution in [1.29, 1.82) is 5.26 Å². The number of pyridine rings is 1. The van der Waals surface area contributed by atoms with Crippen LogP contribution >= 0.6 is 0 Å². The Morgan fingerprint density at radius 3 is 2.60 bits per heavy atom. The molecule has 4 rings (SSSR count). The van der Waals surface area contributed by atoms with Crippen LogP contribution in [0.5, 0.6) is 0 Å². The highest BCUT2D eigenvalue weighted by Gasteiger charge is 2.27. The first-order valence-corrected chi connectivity index (χ1v) is 9.86. The van der Waals surface area contributed by atoms with Crippen LogP contribution in [-0.4, -0.2) is 26.7 Å². The second kappa shape index (κ2) is 8.74. The highest BCUT2D eigenvalue weighted by molar-refractivity contribution is 5.91. The van der Waals surface area contributed by atoms with E-state index in [9.17, 15) is 9.18 Å². The zero-order valence-corrected chi connectivity index (χ0v) is 16.3. The van der Waals surface area contributed by atoms with Crippen molar-refractivity contribution in [1.82, 2.24) is 14.8 Å². The van der Waals surface area contributed by atoms with Crippen molar-refractivity contribution in [2.45, 2.75) is 31.7 Å². The SMILES string of the molecule is N#Cc1ccc(NC2CCC(C(=O)Nc3ccn(-c4ccccc4F)n3)CC2)nc1. The standard InChI is InChI=1S/C22H21FN6O/c23-18-3-1-2-4-19(18)29-12-11-21(28-29)27-22(30)16-6-8-17(9-7-16)26-20-10-5-15(13-24)14-25-20/h1-5,10-12,14,16-17H,6-9H2,(H,25,26)(H,27,28,30). The summed E-state index contributed by atoms with van der Waals surface area (Å²) in [6.07, 6.45) is 6.38. The number of rotatable bonds is 5. The highest BCUT2D eigenvalue weighted by Crippen LogP contribution is 2.27. The lowest BCUT2D eigenvalue weighted by Crippen LogP contribution is -2.32. The number of aromatic nitrogens is 3. The number of hydrogen-bond acceptors (Lipinski definition) is 5. The van der Waals surface area contributed by atoms with E-state index in [1.165, 1.54) is 10.7 Å². The van der Waals surface area contributed by atoms with Gasteiger partial charge in [0.15, 0.2) is 5.82 Å². The molecule has 1 aliphatic carbocycles. The van der Waals surface area contributed by atoms with Crippen LogP contribution in [0.1, 0.15) is 31.2 Å². The minimum Gasteiger partial charge on any atom is -0.367 e. The van der Waals surface area contributed by atoms with Gasteiger partial charge >= 0.3 is 0 Å². The number of hydrogen-bond donors (Lipinski definition) is 2. The Hall–Kier alpha value is -3.73. The zero-order chi connectivity index (χ0) is 20.9. The fourth-order valence-electron chi connectivity index (χ4n) is 3.65. The van der Waals surface area contributed by atoms with Crippen molar-refractivity contribution >= 4 is 17.5 Å². The van der Waals surface area contributed by atoms with Gasteiger partial charge < -0.3 is 10.6 Å². The molecule has 1 fully saturated rings. The maximum Gasteiger partial charge on any atom is 0.228 e. The van der Waals surface area contributed by atoms with Crippen LogP contribution in [0.15, 0.2) is 54.9 Å². The van der Waals surface area contributed by atoms with Gasteiger partial charge in [-0.25, -0.2) is 14.1 Å². The van der Waals surface area contributed by atoms with E-state index in [1.807, 2.05) is 6.07 Å². The van der Waals surface area contributed by atoms with Crippen molar-refractivity contribution in [3.05, 3.63) is 66.2 Å². The summed E-state index contributed by atoms with van der Waals surface area (Å²) in [5, 5.41) is 19.3. The molecule has 3 aromatic rings. The molecular formula is C22H21FN6O. The van der Waals surface area contributed by atoms with E-state index in [0.717, 1.165) is 31.5 Å². The number of nitrogens with zero attached hydrogens (tertiary/aromatic N) is 4. The Bertz CT molecular complexity index is 1060. The van der Waals surface area contributed by atoms with Crippen LogP contribution in [0.2, 0.25) is 0 Å². The lowest BCUT2D eigenvalue weighted by atomic mass is 9.85. The molecular weight excluding hydrogens is 383 g/mol. The minimum absolute atomic E-state index is 0.0660. The molecule has 7 nitrogen and oxygen atoms in total. The van der Waals surface area contributed by atoms with E-state index >= 15 is 0 Å². The van der Waals surface area contributed by atoms with Crippen LogP contribution in [0.25, 0.3) is 5.69 Å². The maximum absolute atomic E-state index is 13.9. The van der Waals surface area contributed by atoms with E-state index in [4.69, 9.17) is 5.26 Å². The second-order valence-corrected chi connectivity index (χ2v) is 7.32. The summed E-state index contributed by atoms with van der Waals surface area (Å²) in [5.41, 5.74) is 0.861. The van der Waals surface area contributed by atoms with Gasteiger partial charge in [-0.1, -0.05) is 12.1 Å². The molecule has 152 valence electrons. The van der Waals surface area contributed by atoms with Crippen LogP contribution < -0.4 is 10.6 Å². The first kappa shape index (κ1) is 19.6. The summed E-state index contributed by atoms with van der Waals surface area (Å²) < 4.78 is 15.3. The third-order valence-electron chi connectivity index (χ3n) is 5.28. The van der Waals surface area contributed by atoms with Gasteiger partial charge in [0.05, 0.1) is 5.56 Å². The smallest absolute Gasteiger partial charge is 0.228 e. The number of halogens is 1. The number of benzene rings is 1. The van der Waals surface area contributed by atoms with Crippen molar-refractivity contribution in [3.8, 4) is 11.8 Å².